The molecule has 1 aliphatic rings. The number of ether oxygens (including phenoxy) is 1. The van der Waals surface area contributed by atoms with E-state index in [1.807, 2.05) is 25.1 Å². The van der Waals surface area contributed by atoms with Gasteiger partial charge in [0.1, 0.15) is 12.3 Å². The van der Waals surface area contributed by atoms with E-state index in [0.717, 1.165) is 36.8 Å². The average Bonchev–Trinajstić information content (AvgIpc) is 3.14. The number of aryl methyl sites for hydroxylation is 1. The standard InChI is InChI=1S/C20H29F3N4O2/c1-14-8-9-15(17(10-14)29-16-6-4-5-7-16)11-25-19(24-2)26-12-18(28)27(3)13-20(21,22)23/h8-10,16H,4-7,11-13H2,1-3H3,(H2,24,25,26). The van der Waals surface area contributed by atoms with Gasteiger partial charge in [-0.25, -0.2) is 0 Å². The lowest BCUT2D eigenvalue weighted by Gasteiger charge is -2.20. The Morgan fingerprint density at radius 2 is 1.97 bits per heavy atom. The highest BCUT2D eigenvalue weighted by atomic mass is 19.4. The summed E-state index contributed by atoms with van der Waals surface area (Å²) in [5.74, 6) is 0.470. The van der Waals surface area contributed by atoms with E-state index in [1.54, 1.807) is 0 Å². The molecule has 1 aromatic rings. The number of hydrogen-bond acceptors (Lipinski definition) is 3. The Kier molecular flexibility index (Phi) is 8.16. The molecule has 2 N–H and O–H groups in total. The van der Waals surface area contributed by atoms with Crippen LogP contribution >= 0.6 is 0 Å². The molecule has 0 bridgehead atoms. The zero-order valence-electron chi connectivity index (χ0n) is 17.1. The molecule has 1 aliphatic carbocycles. The van der Waals surface area contributed by atoms with Gasteiger partial charge in [0.05, 0.1) is 12.6 Å². The first-order valence-electron chi connectivity index (χ1n) is 9.69. The molecule has 0 radical (unpaired) electrons. The molecule has 162 valence electrons. The van der Waals surface area contributed by atoms with Gasteiger partial charge in [-0.3, -0.25) is 9.79 Å². The van der Waals surface area contributed by atoms with E-state index in [4.69, 9.17) is 4.74 Å². The minimum Gasteiger partial charge on any atom is -0.490 e. The highest BCUT2D eigenvalue weighted by molar-refractivity contribution is 5.86. The molecule has 1 fully saturated rings. The van der Waals surface area contributed by atoms with Gasteiger partial charge in [-0.1, -0.05) is 12.1 Å². The van der Waals surface area contributed by atoms with E-state index in [9.17, 15) is 18.0 Å². The minimum absolute atomic E-state index is 0.231. The number of rotatable bonds is 7. The fourth-order valence-electron chi connectivity index (χ4n) is 3.15. The van der Waals surface area contributed by atoms with Crippen LogP contribution in [0.15, 0.2) is 23.2 Å². The number of carbonyl (C=O) groups is 1. The fourth-order valence-corrected chi connectivity index (χ4v) is 3.15. The number of benzene rings is 1. The Labute approximate surface area is 169 Å². The number of likely N-dealkylation sites (N-methyl/N-ethyl adjacent to an activating group) is 1. The van der Waals surface area contributed by atoms with E-state index < -0.39 is 18.6 Å². The Bertz CT molecular complexity index is 716. The van der Waals surface area contributed by atoms with Crippen LogP contribution in [0.25, 0.3) is 0 Å². The van der Waals surface area contributed by atoms with Crippen LogP contribution in [-0.4, -0.2) is 56.2 Å². The van der Waals surface area contributed by atoms with E-state index in [2.05, 4.69) is 15.6 Å². The van der Waals surface area contributed by atoms with Crippen molar-refractivity contribution in [3.8, 4) is 5.75 Å². The zero-order chi connectivity index (χ0) is 21.4. The second-order valence-electron chi connectivity index (χ2n) is 7.28. The molecule has 0 heterocycles. The summed E-state index contributed by atoms with van der Waals surface area (Å²) in [5, 5.41) is 5.83. The number of hydrogen-bond donors (Lipinski definition) is 2. The molecule has 9 heteroatoms. The molecular weight excluding hydrogens is 385 g/mol. The van der Waals surface area contributed by atoms with Crippen molar-refractivity contribution in [2.75, 3.05) is 27.2 Å². The maximum absolute atomic E-state index is 12.4. The summed E-state index contributed by atoms with van der Waals surface area (Å²) < 4.78 is 43.3. The summed E-state index contributed by atoms with van der Waals surface area (Å²) in [5.41, 5.74) is 2.05. The number of nitrogens with zero attached hydrogens (tertiary/aromatic N) is 2. The van der Waals surface area contributed by atoms with Gasteiger partial charge in [0.2, 0.25) is 5.91 Å². The van der Waals surface area contributed by atoms with E-state index >= 15 is 0 Å². The SMILES string of the molecule is CN=C(NCC(=O)N(C)CC(F)(F)F)NCc1ccc(C)cc1OC1CCCC1. The van der Waals surface area contributed by atoms with Crippen molar-refractivity contribution in [1.29, 1.82) is 0 Å². The molecule has 29 heavy (non-hydrogen) atoms. The molecule has 0 atom stereocenters. The summed E-state index contributed by atoms with van der Waals surface area (Å²) in [4.78, 5) is 16.5. The minimum atomic E-state index is -4.43. The molecule has 6 nitrogen and oxygen atoms in total. The number of alkyl halides is 3. The third kappa shape index (κ3) is 7.83. The summed E-state index contributed by atoms with van der Waals surface area (Å²) >= 11 is 0. The first kappa shape index (κ1) is 22.8. The van der Waals surface area contributed by atoms with Gasteiger partial charge in [0, 0.05) is 26.2 Å². The Balaban J connectivity index is 1.89. The van der Waals surface area contributed by atoms with Gasteiger partial charge in [-0.2, -0.15) is 13.2 Å². The van der Waals surface area contributed by atoms with Crippen LogP contribution in [0.2, 0.25) is 0 Å². The molecule has 2 rings (SSSR count). The van der Waals surface area contributed by atoms with Crippen molar-refractivity contribution < 1.29 is 22.7 Å². The number of halogens is 3. The summed E-state index contributed by atoms with van der Waals surface area (Å²) in [6.07, 6.45) is 0.269. The summed E-state index contributed by atoms with van der Waals surface area (Å²) in [7, 11) is 2.65. The van der Waals surface area contributed by atoms with Gasteiger partial charge < -0.3 is 20.3 Å². The second-order valence-corrected chi connectivity index (χ2v) is 7.28. The largest absolute Gasteiger partial charge is 0.490 e. The lowest BCUT2D eigenvalue weighted by atomic mass is 10.1. The summed E-state index contributed by atoms with van der Waals surface area (Å²) in [6, 6.07) is 5.97. The topological polar surface area (TPSA) is 66.0 Å². The van der Waals surface area contributed by atoms with Crippen LogP contribution in [0.4, 0.5) is 13.2 Å². The monoisotopic (exact) mass is 414 g/mol. The quantitative estimate of drug-likeness (QED) is 0.532. The van der Waals surface area contributed by atoms with Gasteiger partial charge in [0.15, 0.2) is 5.96 Å². The highest BCUT2D eigenvalue weighted by Crippen LogP contribution is 2.27. The Morgan fingerprint density at radius 1 is 1.28 bits per heavy atom. The van der Waals surface area contributed by atoms with Crippen molar-refractivity contribution in [2.45, 2.75) is 51.4 Å². The molecule has 1 aromatic carbocycles. The highest BCUT2D eigenvalue weighted by Gasteiger charge is 2.31. The number of nitrogens with one attached hydrogen (secondary N) is 2. The molecule has 0 saturated heterocycles. The second kappa shape index (κ2) is 10.4. The van der Waals surface area contributed by atoms with E-state index in [-0.39, 0.29) is 12.6 Å². The third-order valence-corrected chi connectivity index (χ3v) is 4.74. The Morgan fingerprint density at radius 3 is 2.59 bits per heavy atom. The summed E-state index contributed by atoms with van der Waals surface area (Å²) in [6.45, 7) is 0.840. The number of guanidine groups is 1. The van der Waals surface area contributed by atoms with Crippen LogP contribution in [-0.2, 0) is 11.3 Å². The molecule has 1 saturated carbocycles. The smallest absolute Gasteiger partial charge is 0.406 e. The van der Waals surface area contributed by atoms with Crippen molar-refractivity contribution in [2.24, 2.45) is 4.99 Å². The first-order valence-corrected chi connectivity index (χ1v) is 9.69. The van der Waals surface area contributed by atoms with Gasteiger partial charge in [-0.05, 0) is 44.2 Å². The van der Waals surface area contributed by atoms with Crippen molar-refractivity contribution in [1.82, 2.24) is 15.5 Å². The number of amides is 1. The molecule has 0 aliphatic heterocycles. The predicted octanol–water partition coefficient (Wildman–Crippen LogP) is 3.00. The lowest BCUT2D eigenvalue weighted by molar-refractivity contribution is -0.157. The number of aliphatic imine (C=N–C) groups is 1. The first-order chi connectivity index (χ1) is 13.7. The third-order valence-electron chi connectivity index (χ3n) is 4.74. The van der Waals surface area contributed by atoms with Crippen LogP contribution in [0, 0.1) is 6.92 Å². The Hall–Kier alpha value is -2.45. The normalized spacial score (nSPS) is 15.3. The van der Waals surface area contributed by atoms with E-state index in [0.29, 0.717) is 17.4 Å². The predicted molar refractivity (Wildman–Crippen MR) is 106 cm³/mol. The molecular formula is C20H29F3N4O2. The van der Waals surface area contributed by atoms with Gasteiger partial charge >= 0.3 is 6.18 Å². The molecule has 0 aromatic heterocycles. The van der Waals surface area contributed by atoms with Gasteiger partial charge in [0.25, 0.3) is 0 Å². The van der Waals surface area contributed by atoms with Crippen molar-refractivity contribution >= 4 is 11.9 Å². The fraction of sp³-hybridized carbons (Fsp3) is 0.600. The van der Waals surface area contributed by atoms with Crippen molar-refractivity contribution in [3.63, 3.8) is 0 Å². The molecule has 0 unspecified atom stereocenters. The van der Waals surface area contributed by atoms with Gasteiger partial charge in [-0.15, -0.1) is 0 Å². The van der Waals surface area contributed by atoms with Crippen LogP contribution < -0.4 is 15.4 Å². The zero-order valence-corrected chi connectivity index (χ0v) is 17.1. The van der Waals surface area contributed by atoms with E-state index in [1.165, 1.54) is 19.9 Å². The van der Waals surface area contributed by atoms with Crippen LogP contribution in [0.1, 0.15) is 36.8 Å². The molecule has 0 spiro atoms. The maximum atomic E-state index is 12.4. The number of carbonyl (C=O) groups excluding carboxylic acids is 1. The maximum Gasteiger partial charge on any atom is 0.406 e. The lowest BCUT2D eigenvalue weighted by Crippen LogP contribution is -2.45. The van der Waals surface area contributed by atoms with Crippen molar-refractivity contribution in [3.05, 3.63) is 29.3 Å². The van der Waals surface area contributed by atoms with Crippen LogP contribution in [0.3, 0.4) is 0 Å². The molecule has 1 amide bonds. The average molecular weight is 414 g/mol. The van der Waals surface area contributed by atoms with Crippen LogP contribution in [0.5, 0.6) is 5.75 Å².